The van der Waals surface area contributed by atoms with Crippen LogP contribution in [0.5, 0.6) is 0 Å². The number of thioether (sulfide) groups is 1. The zero-order valence-electron chi connectivity index (χ0n) is 15.0. The van der Waals surface area contributed by atoms with Gasteiger partial charge in [-0.25, -0.2) is 4.79 Å². The molecule has 0 aliphatic carbocycles. The van der Waals surface area contributed by atoms with Crippen molar-refractivity contribution in [1.82, 2.24) is 4.57 Å². The monoisotopic (exact) mass is 357 g/mol. The lowest BCUT2D eigenvalue weighted by molar-refractivity contribution is -0.109. The molecule has 0 spiro atoms. The first kappa shape index (κ1) is 19.1. The fraction of sp³-hybridized carbons (Fsp3) is 0.300. The van der Waals surface area contributed by atoms with Crippen LogP contribution < -0.4 is 0 Å². The van der Waals surface area contributed by atoms with Gasteiger partial charge in [0.05, 0.1) is 12.2 Å². The third-order valence-electron chi connectivity index (χ3n) is 3.79. The van der Waals surface area contributed by atoms with Crippen LogP contribution in [0.25, 0.3) is 11.8 Å². The van der Waals surface area contributed by atoms with Crippen LogP contribution in [0.4, 0.5) is 0 Å². The SMILES string of the molecule is CCOC(=O)c1ccc(-n2c(C)cc(C=CCSC(C)=O)c2C)cc1. The van der Waals surface area contributed by atoms with Gasteiger partial charge in [-0.3, -0.25) is 4.79 Å². The molecule has 0 aliphatic rings. The molecule has 1 aromatic carbocycles. The molecule has 4 nitrogen and oxygen atoms in total. The van der Waals surface area contributed by atoms with Gasteiger partial charge in [0, 0.05) is 29.8 Å². The van der Waals surface area contributed by atoms with E-state index in [0.717, 1.165) is 22.6 Å². The van der Waals surface area contributed by atoms with Crippen LogP contribution in [0.15, 0.2) is 36.4 Å². The maximum absolute atomic E-state index is 11.8. The summed E-state index contributed by atoms with van der Waals surface area (Å²) >= 11 is 1.30. The molecule has 1 heterocycles. The summed E-state index contributed by atoms with van der Waals surface area (Å²) in [4.78, 5) is 22.7. The molecule has 0 radical (unpaired) electrons. The van der Waals surface area contributed by atoms with Gasteiger partial charge < -0.3 is 9.30 Å². The number of nitrogens with zero attached hydrogens (tertiary/aromatic N) is 1. The summed E-state index contributed by atoms with van der Waals surface area (Å²) in [6, 6.07) is 9.52. The predicted octanol–water partition coefficient (Wildman–Crippen LogP) is 4.56. The Kier molecular flexibility index (Phi) is 6.65. The van der Waals surface area contributed by atoms with E-state index in [2.05, 4.69) is 17.6 Å². The second kappa shape index (κ2) is 8.72. The van der Waals surface area contributed by atoms with Crippen LogP contribution in [-0.2, 0) is 9.53 Å². The lowest BCUT2D eigenvalue weighted by Gasteiger charge is -2.10. The molecule has 0 aliphatic heterocycles. The third kappa shape index (κ3) is 4.86. The zero-order valence-corrected chi connectivity index (χ0v) is 15.9. The zero-order chi connectivity index (χ0) is 18.4. The average molecular weight is 357 g/mol. The van der Waals surface area contributed by atoms with Crippen molar-refractivity contribution in [1.29, 1.82) is 0 Å². The molecule has 0 amide bonds. The number of carbonyl (C=O) groups excluding carboxylic acids is 2. The van der Waals surface area contributed by atoms with Crippen molar-refractivity contribution in [2.24, 2.45) is 0 Å². The molecular formula is C20H23NO3S. The van der Waals surface area contributed by atoms with Crippen LogP contribution in [0.1, 0.15) is 41.2 Å². The summed E-state index contributed by atoms with van der Waals surface area (Å²) in [5.41, 5.74) is 4.90. The fourth-order valence-electron chi connectivity index (χ4n) is 2.66. The molecule has 1 aromatic heterocycles. The van der Waals surface area contributed by atoms with Crippen molar-refractivity contribution in [3.63, 3.8) is 0 Å². The highest BCUT2D eigenvalue weighted by atomic mass is 32.2. The van der Waals surface area contributed by atoms with Gasteiger partial charge in [-0.15, -0.1) is 0 Å². The summed E-state index contributed by atoms with van der Waals surface area (Å²) in [5.74, 6) is 0.370. The van der Waals surface area contributed by atoms with E-state index < -0.39 is 0 Å². The summed E-state index contributed by atoms with van der Waals surface area (Å²) in [7, 11) is 0. The minimum atomic E-state index is -0.304. The van der Waals surface area contributed by atoms with Gasteiger partial charge in [-0.2, -0.15) is 0 Å². The Morgan fingerprint density at radius 2 is 1.88 bits per heavy atom. The Morgan fingerprint density at radius 1 is 1.20 bits per heavy atom. The quantitative estimate of drug-likeness (QED) is 0.711. The first-order valence-electron chi connectivity index (χ1n) is 8.20. The number of aryl methyl sites for hydroxylation is 1. The first-order chi connectivity index (χ1) is 11.9. The minimum absolute atomic E-state index is 0.122. The van der Waals surface area contributed by atoms with Crippen molar-refractivity contribution >= 4 is 28.9 Å². The van der Waals surface area contributed by atoms with E-state index in [0.29, 0.717) is 17.9 Å². The largest absolute Gasteiger partial charge is 0.462 e. The van der Waals surface area contributed by atoms with Gasteiger partial charge in [-0.05, 0) is 56.7 Å². The van der Waals surface area contributed by atoms with Crippen LogP contribution in [0.2, 0.25) is 0 Å². The molecule has 0 bridgehead atoms. The highest BCUT2D eigenvalue weighted by Gasteiger charge is 2.11. The van der Waals surface area contributed by atoms with E-state index in [1.807, 2.05) is 31.2 Å². The Morgan fingerprint density at radius 3 is 2.48 bits per heavy atom. The first-order valence-corrected chi connectivity index (χ1v) is 9.19. The topological polar surface area (TPSA) is 48.3 Å². The smallest absolute Gasteiger partial charge is 0.338 e. The Labute approximate surface area is 152 Å². The highest BCUT2D eigenvalue weighted by Crippen LogP contribution is 2.22. The van der Waals surface area contributed by atoms with Crippen LogP contribution in [-0.4, -0.2) is 28.0 Å². The molecule has 25 heavy (non-hydrogen) atoms. The molecule has 0 N–H and O–H groups in total. The lowest BCUT2D eigenvalue weighted by atomic mass is 10.2. The minimum Gasteiger partial charge on any atom is -0.462 e. The number of hydrogen-bond acceptors (Lipinski definition) is 4. The summed E-state index contributed by atoms with van der Waals surface area (Å²) < 4.78 is 7.16. The Balaban J connectivity index is 2.22. The average Bonchev–Trinajstić information content (AvgIpc) is 2.86. The lowest BCUT2D eigenvalue weighted by Crippen LogP contribution is -2.05. The van der Waals surface area contributed by atoms with E-state index in [1.165, 1.54) is 11.8 Å². The van der Waals surface area contributed by atoms with Crippen molar-refractivity contribution in [3.05, 3.63) is 58.9 Å². The molecule has 0 saturated carbocycles. The van der Waals surface area contributed by atoms with Gasteiger partial charge in [0.15, 0.2) is 5.12 Å². The number of hydrogen-bond donors (Lipinski definition) is 0. The van der Waals surface area contributed by atoms with Gasteiger partial charge in [-0.1, -0.05) is 23.9 Å². The number of benzene rings is 1. The normalized spacial score (nSPS) is 11.0. The molecule has 2 aromatic rings. The summed E-state index contributed by atoms with van der Waals surface area (Å²) in [6.45, 7) is 7.85. The summed E-state index contributed by atoms with van der Waals surface area (Å²) in [6.07, 6.45) is 4.05. The third-order valence-corrected chi connectivity index (χ3v) is 4.55. The maximum atomic E-state index is 11.8. The van der Waals surface area contributed by atoms with E-state index in [1.54, 1.807) is 26.0 Å². The van der Waals surface area contributed by atoms with Gasteiger partial charge in [0.25, 0.3) is 0 Å². The number of carbonyl (C=O) groups is 2. The molecule has 132 valence electrons. The number of ether oxygens (including phenoxy) is 1. The highest BCUT2D eigenvalue weighted by molar-refractivity contribution is 8.13. The fourth-order valence-corrected chi connectivity index (χ4v) is 3.08. The van der Waals surface area contributed by atoms with Crippen LogP contribution >= 0.6 is 11.8 Å². The van der Waals surface area contributed by atoms with Crippen LogP contribution in [0.3, 0.4) is 0 Å². The number of aromatic nitrogens is 1. The molecule has 0 atom stereocenters. The Hall–Kier alpha value is -2.27. The number of esters is 1. The van der Waals surface area contributed by atoms with Crippen molar-refractivity contribution in [2.75, 3.05) is 12.4 Å². The van der Waals surface area contributed by atoms with E-state index in [9.17, 15) is 9.59 Å². The molecule has 0 unspecified atom stereocenters. The van der Waals surface area contributed by atoms with Crippen molar-refractivity contribution in [2.45, 2.75) is 27.7 Å². The number of rotatable bonds is 6. The van der Waals surface area contributed by atoms with E-state index >= 15 is 0 Å². The molecule has 2 rings (SSSR count). The molecule has 5 heteroatoms. The van der Waals surface area contributed by atoms with Crippen molar-refractivity contribution < 1.29 is 14.3 Å². The van der Waals surface area contributed by atoms with Gasteiger partial charge >= 0.3 is 5.97 Å². The second-order valence-electron chi connectivity index (χ2n) is 5.63. The maximum Gasteiger partial charge on any atom is 0.338 e. The standard InChI is InChI=1S/C20H23NO3S/c1-5-24-20(23)17-8-10-19(11-9-17)21-14(2)13-18(15(21)3)7-6-12-25-16(4)22/h6-11,13H,5,12H2,1-4H3. The van der Waals surface area contributed by atoms with Crippen molar-refractivity contribution in [3.8, 4) is 5.69 Å². The summed E-state index contributed by atoms with van der Waals surface area (Å²) in [5, 5.41) is 0.122. The second-order valence-corrected chi connectivity index (χ2v) is 6.83. The molecule has 0 fully saturated rings. The molecular weight excluding hydrogens is 334 g/mol. The van der Waals surface area contributed by atoms with E-state index in [-0.39, 0.29) is 11.1 Å². The van der Waals surface area contributed by atoms with Crippen LogP contribution in [0, 0.1) is 13.8 Å². The van der Waals surface area contributed by atoms with Gasteiger partial charge in [0.1, 0.15) is 0 Å². The predicted molar refractivity (Wildman–Crippen MR) is 103 cm³/mol. The Bertz CT molecular complexity index is 788. The van der Waals surface area contributed by atoms with Gasteiger partial charge in [0.2, 0.25) is 0 Å². The molecule has 0 saturated heterocycles. The van der Waals surface area contributed by atoms with E-state index in [4.69, 9.17) is 4.74 Å².